The fourth-order valence-electron chi connectivity index (χ4n) is 1.42. The molecule has 84 valence electrons. The van der Waals surface area contributed by atoms with Crippen molar-refractivity contribution in [2.45, 2.75) is 32.8 Å². The lowest BCUT2D eigenvalue weighted by atomic mass is 10.00. The first-order valence-corrected chi connectivity index (χ1v) is 5.52. The second-order valence-corrected chi connectivity index (χ2v) is 4.51. The summed E-state index contributed by atoms with van der Waals surface area (Å²) in [5.41, 5.74) is 0.484. The number of hydrogen-bond donors (Lipinski definition) is 1. The minimum absolute atomic E-state index is 0.0359. The Morgan fingerprint density at radius 3 is 2.60 bits per heavy atom. The molecule has 3 heteroatoms. The van der Waals surface area contributed by atoms with Gasteiger partial charge in [-0.3, -0.25) is 0 Å². The van der Waals surface area contributed by atoms with E-state index in [1.54, 1.807) is 12.1 Å². The normalized spacial score (nSPS) is 13.2. The molecule has 0 fully saturated rings. The number of benzene rings is 1. The molecule has 0 amide bonds. The average Bonchev–Trinajstić information content (AvgIpc) is 2.18. The second kappa shape index (κ2) is 5.47. The largest absolute Gasteiger partial charge is 0.388 e. The maximum atomic E-state index is 13.1. The Labute approximate surface area is 94.9 Å². The molecular formula is C12H16ClFO. The van der Waals surface area contributed by atoms with Gasteiger partial charge in [-0.05, 0) is 24.8 Å². The van der Waals surface area contributed by atoms with E-state index < -0.39 is 11.9 Å². The van der Waals surface area contributed by atoms with Crippen molar-refractivity contribution >= 4 is 11.6 Å². The van der Waals surface area contributed by atoms with Gasteiger partial charge in [0.1, 0.15) is 5.82 Å². The van der Waals surface area contributed by atoms with E-state index in [0.29, 0.717) is 17.9 Å². The summed E-state index contributed by atoms with van der Waals surface area (Å²) in [5.74, 6) is 0.0461. The zero-order valence-electron chi connectivity index (χ0n) is 9.00. The maximum Gasteiger partial charge on any atom is 0.142 e. The molecule has 15 heavy (non-hydrogen) atoms. The highest BCUT2D eigenvalue weighted by atomic mass is 35.5. The zero-order valence-corrected chi connectivity index (χ0v) is 9.76. The van der Waals surface area contributed by atoms with E-state index in [0.717, 1.165) is 6.42 Å². The van der Waals surface area contributed by atoms with E-state index in [4.69, 9.17) is 11.6 Å². The number of rotatable bonds is 4. The summed E-state index contributed by atoms with van der Waals surface area (Å²) >= 11 is 5.77. The van der Waals surface area contributed by atoms with Crippen molar-refractivity contribution in [3.8, 4) is 0 Å². The van der Waals surface area contributed by atoms with Crippen LogP contribution in [0.3, 0.4) is 0 Å². The van der Waals surface area contributed by atoms with E-state index in [1.807, 2.05) is 0 Å². The third-order valence-corrected chi connectivity index (χ3v) is 2.76. The van der Waals surface area contributed by atoms with Gasteiger partial charge in [-0.1, -0.05) is 37.6 Å². The number of aliphatic hydroxyl groups excluding tert-OH is 1. The van der Waals surface area contributed by atoms with Gasteiger partial charge in [0.2, 0.25) is 0 Å². The van der Waals surface area contributed by atoms with Crippen LogP contribution in [0.4, 0.5) is 4.39 Å². The Hall–Kier alpha value is -0.600. The predicted octanol–water partition coefficient (Wildman–Crippen LogP) is 3.95. The van der Waals surface area contributed by atoms with Crippen molar-refractivity contribution in [1.82, 2.24) is 0 Å². The molecule has 0 saturated heterocycles. The van der Waals surface area contributed by atoms with Crippen LogP contribution in [-0.4, -0.2) is 5.11 Å². The van der Waals surface area contributed by atoms with Crippen LogP contribution in [0, 0.1) is 11.7 Å². The summed E-state index contributed by atoms with van der Waals surface area (Å²) in [7, 11) is 0. The molecule has 1 N–H and O–H groups in total. The van der Waals surface area contributed by atoms with Crippen LogP contribution in [0.1, 0.15) is 38.4 Å². The van der Waals surface area contributed by atoms with Gasteiger partial charge in [-0.25, -0.2) is 4.39 Å². The van der Waals surface area contributed by atoms with Gasteiger partial charge in [-0.15, -0.1) is 0 Å². The monoisotopic (exact) mass is 230 g/mol. The molecule has 0 heterocycles. The number of hydrogen-bond acceptors (Lipinski definition) is 1. The van der Waals surface area contributed by atoms with Crippen molar-refractivity contribution in [2.24, 2.45) is 5.92 Å². The molecule has 0 aromatic heterocycles. The first-order chi connectivity index (χ1) is 7.02. The SMILES string of the molecule is CC(C)CCC(O)c1cccc(F)c1Cl. The molecule has 1 rings (SSSR count). The fraction of sp³-hybridized carbons (Fsp3) is 0.500. The van der Waals surface area contributed by atoms with Crippen LogP contribution >= 0.6 is 11.6 Å². The Morgan fingerprint density at radius 2 is 2.00 bits per heavy atom. The number of halogens is 2. The summed E-state index contributed by atoms with van der Waals surface area (Å²) in [4.78, 5) is 0. The third kappa shape index (κ3) is 3.47. The molecule has 0 radical (unpaired) electrons. The van der Waals surface area contributed by atoms with E-state index >= 15 is 0 Å². The van der Waals surface area contributed by atoms with Crippen LogP contribution in [-0.2, 0) is 0 Å². The lowest BCUT2D eigenvalue weighted by Gasteiger charge is -2.14. The summed E-state index contributed by atoms with van der Waals surface area (Å²) < 4.78 is 13.1. The molecule has 1 unspecified atom stereocenters. The molecule has 0 aliphatic carbocycles. The highest BCUT2D eigenvalue weighted by Gasteiger charge is 2.14. The average molecular weight is 231 g/mol. The van der Waals surface area contributed by atoms with Gasteiger partial charge in [0.25, 0.3) is 0 Å². The Bertz CT molecular complexity index is 325. The highest BCUT2D eigenvalue weighted by Crippen LogP contribution is 2.28. The van der Waals surface area contributed by atoms with Crippen molar-refractivity contribution in [2.75, 3.05) is 0 Å². The predicted molar refractivity (Wildman–Crippen MR) is 60.4 cm³/mol. The molecule has 1 nitrogen and oxygen atoms in total. The number of aliphatic hydroxyl groups is 1. The van der Waals surface area contributed by atoms with Crippen LogP contribution in [0.25, 0.3) is 0 Å². The minimum atomic E-state index is -0.671. The van der Waals surface area contributed by atoms with Gasteiger partial charge < -0.3 is 5.11 Å². The van der Waals surface area contributed by atoms with Crippen molar-refractivity contribution in [3.05, 3.63) is 34.6 Å². The Morgan fingerprint density at radius 1 is 1.33 bits per heavy atom. The Balaban J connectivity index is 2.73. The van der Waals surface area contributed by atoms with Gasteiger partial charge in [0.05, 0.1) is 11.1 Å². The third-order valence-electron chi connectivity index (χ3n) is 2.36. The second-order valence-electron chi connectivity index (χ2n) is 4.13. The standard InChI is InChI=1S/C12H16ClFO/c1-8(2)6-7-11(15)9-4-3-5-10(14)12(9)13/h3-5,8,11,15H,6-7H2,1-2H3. The molecule has 1 aromatic rings. The quantitative estimate of drug-likeness (QED) is 0.831. The fourth-order valence-corrected chi connectivity index (χ4v) is 1.68. The molecule has 0 saturated carbocycles. The van der Waals surface area contributed by atoms with Crippen LogP contribution in [0.2, 0.25) is 5.02 Å². The van der Waals surface area contributed by atoms with Gasteiger partial charge in [0, 0.05) is 5.56 Å². The van der Waals surface area contributed by atoms with E-state index in [2.05, 4.69) is 13.8 Å². The summed E-state index contributed by atoms with van der Waals surface area (Å²) in [6.45, 7) is 4.17. The topological polar surface area (TPSA) is 20.2 Å². The summed E-state index contributed by atoms with van der Waals surface area (Å²) in [6.07, 6.45) is 0.838. The van der Waals surface area contributed by atoms with Crippen molar-refractivity contribution in [1.29, 1.82) is 0 Å². The summed E-state index contributed by atoms with van der Waals surface area (Å²) in [5, 5.41) is 9.86. The molecule has 0 bridgehead atoms. The molecule has 1 aromatic carbocycles. The molecular weight excluding hydrogens is 215 g/mol. The van der Waals surface area contributed by atoms with Crippen LogP contribution < -0.4 is 0 Å². The molecule has 0 aliphatic rings. The van der Waals surface area contributed by atoms with Gasteiger partial charge >= 0.3 is 0 Å². The Kier molecular flexibility index (Phi) is 4.55. The maximum absolute atomic E-state index is 13.1. The van der Waals surface area contributed by atoms with Crippen LogP contribution in [0.15, 0.2) is 18.2 Å². The molecule has 0 aliphatic heterocycles. The first-order valence-electron chi connectivity index (χ1n) is 5.14. The molecule has 0 spiro atoms. The van der Waals surface area contributed by atoms with Gasteiger partial charge in [0.15, 0.2) is 0 Å². The highest BCUT2D eigenvalue weighted by molar-refractivity contribution is 6.31. The molecule has 1 atom stereocenters. The van der Waals surface area contributed by atoms with E-state index in [-0.39, 0.29) is 5.02 Å². The first kappa shape index (κ1) is 12.5. The van der Waals surface area contributed by atoms with Crippen molar-refractivity contribution in [3.63, 3.8) is 0 Å². The van der Waals surface area contributed by atoms with Gasteiger partial charge in [-0.2, -0.15) is 0 Å². The zero-order chi connectivity index (χ0) is 11.4. The smallest absolute Gasteiger partial charge is 0.142 e. The lowest BCUT2D eigenvalue weighted by molar-refractivity contribution is 0.159. The summed E-state index contributed by atoms with van der Waals surface area (Å²) in [6, 6.07) is 4.52. The van der Waals surface area contributed by atoms with E-state index in [9.17, 15) is 9.50 Å². The van der Waals surface area contributed by atoms with Crippen LogP contribution in [0.5, 0.6) is 0 Å². The van der Waals surface area contributed by atoms with Crippen molar-refractivity contribution < 1.29 is 9.50 Å². The minimum Gasteiger partial charge on any atom is -0.388 e. The lowest BCUT2D eigenvalue weighted by Crippen LogP contribution is -2.01. The van der Waals surface area contributed by atoms with E-state index in [1.165, 1.54) is 6.07 Å².